The van der Waals surface area contributed by atoms with Gasteiger partial charge in [0.15, 0.2) is 0 Å². The van der Waals surface area contributed by atoms with E-state index in [0.717, 1.165) is 10.8 Å². The van der Waals surface area contributed by atoms with Crippen LogP contribution in [0.25, 0.3) is 0 Å². The van der Waals surface area contributed by atoms with Crippen LogP contribution in [0.2, 0.25) is 5.02 Å². The Hall–Kier alpha value is -0.690. The molecule has 1 aromatic carbocycles. The van der Waals surface area contributed by atoms with Gasteiger partial charge >= 0.3 is 0 Å². The van der Waals surface area contributed by atoms with E-state index < -0.39 is 0 Å². The summed E-state index contributed by atoms with van der Waals surface area (Å²) in [5, 5.41) is 0.837. The molecule has 2 atom stereocenters. The maximum Gasteiger partial charge on any atom is 0.120 e. The van der Waals surface area contributed by atoms with Crippen molar-refractivity contribution in [1.82, 2.24) is 0 Å². The number of ether oxygens (including phenoxy) is 1. The standard InChI is InChI=1S/C14H19ClO/c1-9(2)12-8-11(5-6-13(12)15)16-14-7-4-10(14)3/h5-6,8-10,14H,4,7H2,1-3H3. The predicted molar refractivity (Wildman–Crippen MR) is 68.4 cm³/mol. The SMILES string of the molecule is CC(C)c1cc(OC2CCC2C)ccc1Cl. The molecule has 0 radical (unpaired) electrons. The highest BCUT2D eigenvalue weighted by Gasteiger charge is 2.28. The summed E-state index contributed by atoms with van der Waals surface area (Å²) in [6, 6.07) is 5.99. The van der Waals surface area contributed by atoms with E-state index in [2.05, 4.69) is 26.8 Å². The summed E-state index contributed by atoms with van der Waals surface area (Å²) in [4.78, 5) is 0. The molecule has 0 saturated heterocycles. The molecule has 0 spiro atoms. The Morgan fingerprint density at radius 3 is 2.56 bits per heavy atom. The molecule has 0 amide bonds. The molecule has 1 saturated carbocycles. The highest BCUT2D eigenvalue weighted by Crippen LogP contribution is 2.33. The normalized spacial score (nSPS) is 24.3. The van der Waals surface area contributed by atoms with Gasteiger partial charge in [-0.25, -0.2) is 0 Å². The summed E-state index contributed by atoms with van der Waals surface area (Å²) in [7, 11) is 0. The number of hydrogen-bond acceptors (Lipinski definition) is 1. The molecule has 1 aliphatic carbocycles. The number of hydrogen-bond donors (Lipinski definition) is 0. The van der Waals surface area contributed by atoms with Crippen molar-refractivity contribution in [1.29, 1.82) is 0 Å². The first-order valence-corrected chi connectivity index (χ1v) is 6.42. The molecule has 2 unspecified atom stereocenters. The molecule has 88 valence electrons. The summed E-state index contributed by atoms with van der Waals surface area (Å²) in [6.07, 6.45) is 2.87. The third kappa shape index (κ3) is 2.35. The third-order valence-corrected chi connectivity index (χ3v) is 3.76. The largest absolute Gasteiger partial charge is 0.490 e. The maximum absolute atomic E-state index is 6.15. The van der Waals surface area contributed by atoms with Crippen molar-refractivity contribution in [3.8, 4) is 5.75 Å². The zero-order valence-corrected chi connectivity index (χ0v) is 10.9. The number of rotatable bonds is 3. The zero-order valence-electron chi connectivity index (χ0n) is 10.2. The van der Waals surface area contributed by atoms with Crippen molar-refractivity contribution in [3.05, 3.63) is 28.8 Å². The molecular formula is C14H19ClO. The second kappa shape index (κ2) is 4.67. The minimum Gasteiger partial charge on any atom is -0.490 e. The molecule has 2 heteroatoms. The van der Waals surface area contributed by atoms with E-state index in [1.54, 1.807) is 0 Å². The fraction of sp³-hybridized carbons (Fsp3) is 0.571. The van der Waals surface area contributed by atoms with E-state index >= 15 is 0 Å². The van der Waals surface area contributed by atoms with Crippen LogP contribution >= 0.6 is 11.6 Å². The molecular weight excluding hydrogens is 220 g/mol. The Morgan fingerprint density at radius 2 is 2.06 bits per heavy atom. The van der Waals surface area contributed by atoms with E-state index in [9.17, 15) is 0 Å². The first-order valence-electron chi connectivity index (χ1n) is 6.04. The van der Waals surface area contributed by atoms with Crippen LogP contribution in [-0.2, 0) is 0 Å². The van der Waals surface area contributed by atoms with Crippen LogP contribution in [0.5, 0.6) is 5.75 Å². The second-order valence-electron chi connectivity index (χ2n) is 5.05. The Labute approximate surface area is 103 Å². The molecule has 0 aromatic heterocycles. The summed E-state index contributed by atoms with van der Waals surface area (Å²) in [5.74, 6) is 2.10. The average Bonchev–Trinajstić information content (AvgIpc) is 2.25. The van der Waals surface area contributed by atoms with Crippen molar-refractivity contribution < 1.29 is 4.74 Å². The molecule has 0 bridgehead atoms. The molecule has 1 aliphatic rings. The van der Waals surface area contributed by atoms with Crippen LogP contribution in [0.4, 0.5) is 0 Å². The molecule has 0 heterocycles. The zero-order chi connectivity index (χ0) is 11.7. The Bertz CT molecular complexity index is 373. The number of benzene rings is 1. The third-order valence-electron chi connectivity index (χ3n) is 3.42. The van der Waals surface area contributed by atoms with Gasteiger partial charge in [0.25, 0.3) is 0 Å². The molecule has 2 rings (SSSR count). The fourth-order valence-corrected chi connectivity index (χ4v) is 2.36. The van der Waals surface area contributed by atoms with Gasteiger partial charge in [-0.1, -0.05) is 32.4 Å². The van der Waals surface area contributed by atoms with Crippen molar-refractivity contribution >= 4 is 11.6 Å². The first-order chi connectivity index (χ1) is 7.58. The fourth-order valence-electron chi connectivity index (χ4n) is 2.02. The molecule has 0 N–H and O–H groups in total. The first kappa shape index (κ1) is 11.8. The lowest BCUT2D eigenvalue weighted by atomic mass is 9.83. The second-order valence-corrected chi connectivity index (χ2v) is 5.46. The van der Waals surface area contributed by atoms with Gasteiger partial charge in [0.05, 0.1) is 0 Å². The van der Waals surface area contributed by atoms with Gasteiger partial charge in [0, 0.05) is 5.02 Å². The maximum atomic E-state index is 6.15. The van der Waals surface area contributed by atoms with Crippen LogP contribution < -0.4 is 4.74 Å². The summed E-state index contributed by atoms with van der Waals surface area (Å²) in [5.41, 5.74) is 1.17. The van der Waals surface area contributed by atoms with Gasteiger partial charge in [-0.3, -0.25) is 0 Å². The van der Waals surface area contributed by atoms with Gasteiger partial charge in [-0.05, 0) is 48.4 Å². The van der Waals surface area contributed by atoms with Gasteiger partial charge in [-0.2, -0.15) is 0 Å². The van der Waals surface area contributed by atoms with Crippen molar-refractivity contribution in [2.75, 3.05) is 0 Å². The Balaban J connectivity index is 2.12. The highest BCUT2D eigenvalue weighted by molar-refractivity contribution is 6.31. The predicted octanol–water partition coefficient (Wildman–Crippen LogP) is 4.64. The highest BCUT2D eigenvalue weighted by atomic mass is 35.5. The summed E-state index contributed by atoms with van der Waals surface area (Å²) in [6.45, 7) is 6.54. The summed E-state index contributed by atoms with van der Waals surface area (Å²) >= 11 is 6.15. The lowest BCUT2D eigenvalue weighted by molar-refractivity contribution is 0.0576. The summed E-state index contributed by atoms with van der Waals surface area (Å²) < 4.78 is 5.95. The van der Waals surface area contributed by atoms with Crippen LogP contribution in [0.15, 0.2) is 18.2 Å². The van der Waals surface area contributed by atoms with Crippen molar-refractivity contribution in [3.63, 3.8) is 0 Å². The Morgan fingerprint density at radius 1 is 1.31 bits per heavy atom. The molecule has 1 aromatic rings. The van der Waals surface area contributed by atoms with E-state index in [0.29, 0.717) is 17.9 Å². The van der Waals surface area contributed by atoms with Gasteiger partial charge in [0.2, 0.25) is 0 Å². The molecule has 0 aliphatic heterocycles. The topological polar surface area (TPSA) is 9.23 Å². The molecule has 16 heavy (non-hydrogen) atoms. The lowest BCUT2D eigenvalue weighted by Gasteiger charge is -2.34. The lowest BCUT2D eigenvalue weighted by Crippen LogP contribution is -2.34. The van der Waals surface area contributed by atoms with E-state index in [4.69, 9.17) is 16.3 Å². The Kier molecular flexibility index (Phi) is 3.44. The molecule has 1 fully saturated rings. The van der Waals surface area contributed by atoms with Crippen molar-refractivity contribution in [2.45, 2.75) is 45.6 Å². The average molecular weight is 239 g/mol. The number of halogens is 1. The van der Waals surface area contributed by atoms with Crippen LogP contribution in [0, 0.1) is 5.92 Å². The minimum atomic E-state index is 0.404. The monoisotopic (exact) mass is 238 g/mol. The minimum absolute atomic E-state index is 0.404. The molecule has 1 nitrogen and oxygen atoms in total. The van der Waals surface area contributed by atoms with E-state index in [-0.39, 0.29) is 0 Å². The van der Waals surface area contributed by atoms with Crippen LogP contribution in [0.1, 0.15) is 45.1 Å². The van der Waals surface area contributed by atoms with E-state index in [1.807, 2.05) is 12.1 Å². The van der Waals surface area contributed by atoms with Crippen molar-refractivity contribution in [2.24, 2.45) is 5.92 Å². The van der Waals surface area contributed by atoms with E-state index in [1.165, 1.54) is 18.4 Å². The van der Waals surface area contributed by atoms with Crippen LogP contribution in [-0.4, -0.2) is 6.10 Å². The van der Waals surface area contributed by atoms with Gasteiger partial charge in [-0.15, -0.1) is 0 Å². The van der Waals surface area contributed by atoms with Crippen LogP contribution in [0.3, 0.4) is 0 Å². The van der Waals surface area contributed by atoms with Gasteiger partial charge in [0.1, 0.15) is 11.9 Å². The van der Waals surface area contributed by atoms with Gasteiger partial charge < -0.3 is 4.74 Å². The smallest absolute Gasteiger partial charge is 0.120 e. The quantitative estimate of drug-likeness (QED) is 0.746.